The molecule has 1 aliphatic rings. The first kappa shape index (κ1) is 22.7. The van der Waals surface area contributed by atoms with Gasteiger partial charge in [-0.1, -0.05) is 23.3 Å². The van der Waals surface area contributed by atoms with E-state index >= 15 is 0 Å². The zero-order valence-electron chi connectivity index (χ0n) is 17.7. The van der Waals surface area contributed by atoms with Crippen LogP contribution in [0, 0.1) is 0 Å². The number of rotatable bonds is 9. The fourth-order valence-electron chi connectivity index (χ4n) is 3.37. The van der Waals surface area contributed by atoms with Crippen molar-refractivity contribution in [1.29, 1.82) is 0 Å². The van der Waals surface area contributed by atoms with Crippen LogP contribution in [0.2, 0.25) is 5.02 Å². The maximum absolute atomic E-state index is 12.1. The molecule has 0 unspecified atom stereocenters. The Hall–Kier alpha value is -3.00. The molecule has 8 nitrogen and oxygen atoms in total. The average Bonchev–Trinajstić information content (AvgIpc) is 3.12. The Kier molecular flexibility index (Phi) is 7.94. The molecule has 1 aromatic carbocycles. The number of nitrogens with zero attached hydrogens (tertiary/aromatic N) is 2. The standard InChI is InChI=1S/C22H26ClN3O5/c1-29-17-10-8-16(20(23)21(17)30-2)9-11-19-25-26(22(28)31-19)14-18(27)24-13-12-15-6-4-3-5-7-15/h6,8-11H,3-5,7,12-14H2,1-2H3,(H,24,27). The summed E-state index contributed by atoms with van der Waals surface area (Å²) >= 11 is 6.34. The van der Waals surface area contributed by atoms with Gasteiger partial charge in [0, 0.05) is 12.6 Å². The van der Waals surface area contributed by atoms with Gasteiger partial charge in [-0.25, -0.2) is 4.79 Å². The number of allylic oxidation sites excluding steroid dienone is 1. The Morgan fingerprint density at radius 3 is 2.84 bits per heavy atom. The number of halogens is 1. The zero-order valence-corrected chi connectivity index (χ0v) is 18.4. The van der Waals surface area contributed by atoms with Crippen LogP contribution in [0.25, 0.3) is 12.2 Å². The number of carbonyl (C=O) groups excluding carboxylic acids is 1. The molecular weight excluding hydrogens is 422 g/mol. The minimum absolute atomic E-state index is 0.0658. The van der Waals surface area contributed by atoms with Gasteiger partial charge in [-0.3, -0.25) is 4.79 Å². The van der Waals surface area contributed by atoms with Crippen LogP contribution in [-0.2, 0) is 11.3 Å². The molecule has 166 valence electrons. The van der Waals surface area contributed by atoms with Crippen LogP contribution in [0.4, 0.5) is 0 Å². The normalized spacial score (nSPS) is 13.8. The van der Waals surface area contributed by atoms with Crippen LogP contribution in [-0.4, -0.2) is 36.5 Å². The van der Waals surface area contributed by atoms with Crippen molar-refractivity contribution in [3.05, 3.63) is 50.8 Å². The first-order valence-electron chi connectivity index (χ1n) is 10.1. The molecule has 0 saturated carbocycles. The van der Waals surface area contributed by atoms with Gasteiger partial charge in [-0.15, -0.1) is 5.10 Å². The average molecular weight is 448 g/mol. The van der Waals surface area contributed by atoms with E-state index in [0.717, 1.165) is 23.9 Å². The number of benzene rings is 1. The third kappa shape index (κ3) is 6.01. The zero-order chi connectivity index (χ0) is 22.2. The largest absolute Gasteiger partial charge is 0.493 e. The van der Waals surface area contributed by atoms with Gasteiger partial charge in [-0.05, 0) is 55.9 Å². The monoisotopic (exact) mass is 447 g/mol. The van der Waals surface area contributed by atoms with Crippen LogP contribution >= 0.6 is 11.6 Å². The first-order chi connectivity index (χ1) is 15.0. The predicted octanol–water partition coefficient (Wildman–Crippen LogP) is 3.68. The summed E-state index contributed by atoms with van der Waals surface area (Å²) in [6, 6.07) is 3.46. The lowest BCUT2D eigenvalue weighted by atomic mass is 9.97. The predicted molar refractivity (Wildman–Crippen MR) is 118 cm³/mol. The maximum atomic E-state index is 12.1. The molecule has 0 saturated heterocycles. The fourth-order valence-corrected chi connectivity index (χ4v) is 3.67. The third-order valence-corrected chi connectivity index (χ3v) is 5.38. The van der Waals surface area contributed by atoms with Gasteiger partial charge >= 0.3 is 5.76 Å². The molecule has 1 N–H and O–H groups in total. The number of amides is 1. The molecule has 2 aromatic rings. The van der Waals surface area contributed by atoms with Crippen LogP contribution in [0.1, 0.15) is 43.6 Å². The lowest BCUT2D eigenvalue weighted by molar-refractivity contribution is -0.121. The second-order valence-corrected chi connectivity index (χ2v) is 7.49. The minimum atomic E-state index is -0.705. The molecule has 1 amide bonds. The van der Waals surface area contributed by atoms with Gasteiger partial charge in [0.2, 0.25) is 11.8 Å². The van der Waals surface area contributed by atoms with Crippen molar-refractivity contribution in [2.75, 3.05) is 20.8 Å². The smallest absolute Gasteiger partial charge is 0.437 e. The molecule has 0 bridgehead atoms. The highest BCUT2D eigenvalue weighted by molar-refractivity contribution is 6.33. The van der Waals surface area contributed by atoms with Crippen LogP contribution in [0.15, 0.2) is 33.0 Å². The van der Waals surface area contributed by atoms with Crippen molar-refractivity contribution in [3.63, 3.8) is 0 Å². The van der Waals surface area contributed by atoms with Gasteiger partial charge in [-0.2, -0.15) is 4.68 Å². The molecule has 0 atom stereocenters. The molecule has 1 aliphatic carbocycles. The van der Waals surface area contributed by atoms with Crippen LogP contribution in [0.5, 0.6) is 11.5 Å². The van der Waals surface area contributed by atoms with E-state index < -0.39 is 5.76 Å². The molecule has 3 rings (SSSR count). The van der Waals surface area contributed by atoms with Crippen molar-refractivity contribution in [2.24, 2.45) is 0 Å². The highest BCUT2D eigenvalue weighted by atomic mass is 35.5. The first-order valence-corrected chi connectivity index (χ1v) is 10.5. The topological polar surface area (TPSA) is 95.6 Å². The van der Waals surface area contributed by atoms with Gasteiger partial charge in [0.15, 0.2) is 11.5 Å². The van der Waals surface area contributed by atoms with E-state index in [1.807, 2.05) is 0 Å². The minimum Gasteiger partial charge on any atom is -0.493 e. The van der Waals surface area contributed by atoms with Crippen LogP contribution < -0.4 is 20.5 Å². The Balaban J connectivity index is 1.60. The molecular formula is C22H26ClN3O5. The molecule has 9 heteroatoms. The van der Waals surface area contributed by atoms with Gasteiger partial charge in [0.25, 0.3) is 0 Å². The summed E-state index contributed by atoms with van der Waals surface area (Å²) in [6.07, 6.45) is 10.9. The Labute approximate surface area is 185 Å². The number of methoxy groups -OCH3 is 2. The molecule has 0 radical (unpaired) electrons. The van der Waals surface area contributed by atoms with E-state index in [9.17, 15) is 9.59 Å². The maximum Gasteiger partial charge on any atom is 0.437 e. The molecule has 0 aliphatic heterocycles. The fraction of sp³-hybridized carbons (Fsp3) is 0.409. The summed E-state index contributed by atoms with van der Waals surface area (Å²) in [5.41, 5.74) is 2.01. The van der Waals surface area contributed by atoms with Gasteiger partial charge < -0.3 is 19.2 Å². The second kappa shape index (κ2) is 10.9. The molecule has 0 fully saturated rings. The summed E-state index contributed by atoms with van der Waals surface area (Å²) in [5.74, 6) is -0.0188. The summed E-state index contributed by atoms with van der Waals surface area (Å²) in [4.78, 5) is 24.1. The molecule has 0 spiro atoms. The summed E-state index contributed by atoms with van der Waals surface area (Å²) in [7, 11) is 3.02. The lowest BCUT2D eigenvalue weighted by Gasteiger charge is -2.12. The van der Waals surface area contributed by atoms with E-state index in [2.05, 4.69) is 16.5 Å². The highest BCUT2D eigenvalue weighted by Crippen LogP contribution is 2.37. The number of hydrogen-bond donors (Lipinski definition) is 1. The summed E-state index contributed by atoms with van der Waals surface area (Å²) in [6.45, 7) is 0.341. The number of nitrogens with one attached hydrogen (secondary N) is 1. The van der Waals surface area contributed by atoms with Gasteiger partial charge in [0.05, 0.1) is 19.2 Å². The number of ether oxygens (including phenoxy) is 2. The number of aromatic nitrogens is 2. The van der Waals surface area contributed by atoms with Gasteiger partial charge in [0.1, 0.15) is 6.54 Å². The number of carbonyl (C=O) groups is 1. The van der Waals surface area contributed by atoms with E-state index in [0.29, 0.717) is 28.6 Å². The van der Waals surface area contributed by atoms with Crippen molar-refractivity contribution in [1.82, 2.24) is 15.1 Å². The molecule has 31 heavy (non-hydrogen) atoms. The van der Waals surface area contributed by atoms with E-state index in [1.165, 1.54) is 38.7 Å². The Morgan fingerprint density at radius 2 is 2.13 bits per heavy atom. The van der Waals surface area contributed by atoms with Crippen molar-refractivity contribution < 1.29 is 18.7 Å². The van der Waals surface area contributed by atoms with E-state index in [1.54, 1.807) is 18.2 Å². The highest BCUT2D eigenvalue weighted by Gasteiger charge is 2.13. The number of hydrogen-bond acceptors (Lipinski definition) is 6. The quantitative estimate of drug-likeness (QED) is 0.589. The Morgan fingerprint density at radius 1 is 1.29 bits per heavy atom. The van der Waals surface area contributed by atoms with Crippen molar-refractivity contribution >= 4 is 29.7 Å². The van der Waals surface area contributed by atoms with Crippen molar-refractivity contribution in [3.8, 4) is 11.5 Å². The third-order valence-electron chi connectivity index (χ3n) is 4.99. The van der Waals surface area contributed by atoms with Crippen LogP contribution in [0.3, 0.4) is 0 Å². The summed E-state index contributed by atoms with van der Waals surface area (Å²) < 4.78 is 16.6. The second-order valence-electron chi connectivity index (χ2n) is 7.11. The lowest BCUT2D eigenvalue weighted by Crippen LogP contribution is -2.32. The molecule has 1 aromatic heterocycles. The Bertz CT molecular complexity index is 1040. The summed E-state index contributed by atoms with van der Waals surface area (Å²) in [5, 5.41) is 7.22. The molecule has 1 heterocycles. The van der Waals surface area contributed by atoms with E-state index in [-0.39, 0.29) is 18.3 Å². The van der Waals surface area contributed by atoms with E-state index in [4.69, 9.17) is 25.5 Å². The van der Waals surface area contributed by atoms with Crippen molar-refractivity contribution in [2.45, 2.75) is 38.6 Å². The SMILES string of the molecule is COc1ccc(C=Cc2nn(CC(=O)NCCC3=CCCCC3)c(=O)o2)c(Cl)c1OC.